The summed E-state index contributed by atoms with van der Waals surface area (Å²) in [6, 6.07) is 15.5. The lowest BCUT2D eigenvalue weighted by Gasteiger charge is -2.09. The molecule has 0 unspecified atom stereocenters. The molecule has 3 rings (SSSR count). The molecule has 9 heteroatoms. The van der Waals surface area contributed by atoms with Crippen molar-refractivity contribution in [1.82, 2.24) is 20.1 Å². The minimum absolute atomic E-state index is 0.146. The lowest BCUT2D eigenvalue weighted by atomic mass is 10.2. The van der Waals surface area contributed by atoms with E-state index in [-0.39, 0.29) is 18.1 Å². The highest BCUT2D eigenvalue weighted by atomic mass is 79.9. The number of nitriles is 1. The zero-order valence-electron chi connectivity index (χ0n) is 14.3. The molecule has 2 heterocycles. The maximum absolute atomic E-state index is 11.9. The Labute approximate surface area is 168 Å². The molecule has 0 spiro atoms. The molecule has 1 aromatic carbocycles. The number of benzene rings is 1. The largest absolute Gasteiger partial charge is 0.446 e. The Balaban J connectivity index is 1.80. The van der Waals surface area contributed by atoms with Crippen LogP contribution in [0.3, 0.4) is 0 Å². The van der Waals surface area contributed by atoms with Crippen molar-refractivity contribution in [2.24, 2.45) is 0 Å². The summed E-state index contributed by atoms with van der Waals surface area (Å²) in [6.07, 6.45) is 0.290. The Morgan fingerprint density at radius 1 is 1.26 bits per heavy atom. The molecular weight excluding hydrogens is 430 g/mol. The molecule has 27 heavy (non-hydrogen) atoms. The van der Waals surface area contributed by atoms with Crippen molar-refractivity contribution in [2.75, 3.05) is 12.3 Å². The highest BCUT2D eigenvalue weighted by Crippen LogP contribution is 2.28. The highest BCUT2D eigenvalue weighted by molar-refractivity contribution is 9.10. The smallest absolute Gasteiger partial charge is 0.230 e. The Kier molecular flexibility index (Phi) is 6.68. The zero-order chi connectivity index (χ0) is 19.1. The lowest BCUT2D eigenvalue weighted by molar-refractivity contribution is -0.118. The van der Waals surface area contributed by atoms with Crippen LogP contribution in [0, 0.1) is 11.3 Å². The van der Waals surface area contributed by atoms with E-state index in [4.69, 9.17) is 9.68 Å². The van der Waals surface area contributed by atoms with Crippen LogP contribution < -0.4 is 5.32 Å². The molecule has 0 atom stereocenters. The number of hydrogen-bond acceptors (Lipinski definition) is 6. The number of hydrogen-bond donors (Lipinski definition) is 1. The van der Waals surface area contributed by atoms with Gasteiger partial charge in [0, 0.05) is 6.54 Å². The van der Waals surface area contributed by atoms with Gasteiger partial charge in [-0.2, -0.15) is 5.26 Å². The normalized spacial score (nSPS) is 10.5. The third kappa shape index (κ3) is 5.21. The van der Waals surface area contributed by atoms with Crippen molar-refractivity contribution >= 4 is 33.6 Å². The fourth-order valence-corrected chi connectivity index (χ4v) is 3.43. The van der Waals surface area contributed by atoms with E-state index >= 15 is 0 Å². The summed E-state index contributed by atoms with van der Waals surface area (Å²) in [6.45, 7) is 0.901. The Hall–Kier alpha value is -2.57. The van der Waals surface area contributed by atoms with Gasteiger partial charge in [-0.05, 0) is 33.6 Å². The van der Waals surface area contributed by atoms with Crippen LogP contribution in [0.15, 0.2) is 56.7 Å². The topological polar surface area (TPSA) is 96.7 Å². The van der Waals surface area contributed by atoms with E-state index in [1.807, 2.05) is 47.0 Å². The SMILES string of the molecule is N#CCCNC(=O)CSc1nnc(-c2ccc(Br)o2)n1Cc1ccccc1. The minimum atomic E-state index is -0.146. The maximum atomic E-state index is 11.9. The van der Waals surface area contributed by atoms with Crippen molar-refractivity contribution in [3.8, 4) is 17.7 Å². The first-order chi connectivity index (χ1) is 13.2. The summed E-state index contributed by atoms with van der Waals surface area (Å²) in [7, 11) is 0. The summed E-state index contributed by atoms with van der Waals surface area (Å²) in [5.41, 5.74) is 1.09. The molecule has 0 saturated heterocycles. The lowest BCUT2D eigenvalue weighted by Crippen LogP contribution is -2.26. The van der Waals surface area contributed by atoms with Gasteiger partial charge in [0.25, 0.3) is 0 Å². The summed E-state index contributed by atoms with van der Waals surface area (Å²) >= 11 is 4.60. The number of aromatic nitrogens is 3. The van der Waals surface area contributed by atoms with Crippen molar-refractivity contribution in [1.29, 1.82) is 5.26 Å². The van der Waals surface area contributed by atoms with Gasteiger partial charge < -0.3 is 9.73 Å². The number of furan rings is 1. The minimum Gasteiger partial charge on any atom is -0.446 e. The van der Waals surface area contributed by atoms with Gasteiger partial charge in [-0.25, -0.2) is 0 Å². The van der Waals surface area contributed by atoms with Crippen LogP contribution in [0.5, 0.6) is 0 Å². The number of rotatable bonds is 8. The van der Waals surface area contributed by atoms with Gasteiger partial charge in [0.2, 0.25) is 11.7 Å². The molecule has 0 aliphatic rings. The molecule has 2 aromatic heterocycles. The highest BCUT2D eigenvalue weighted by Gasteiger charge is 2.18. The second-order valence-corrected chi connectivity index (χ2v) is 7.25. The second-order valence-electron chi connectivity index (χ2n) is 5.53. The monoisotopic (exact) mass is 445 g/mol. The summed E-state index contributed by atoms with van der Waals surface area (Å²) in [5, 5.41) is 20.3. The van der Waals surface area contributed by atoms with Crippen molar-refractivity contribution in [3.05, 3.63) is 52.7 Å². The molecule has 0 fully saturated rings. The third-order valence-electron chi connectivity index (χ3n) is 3.59. The van der Waals surface area contributed by atoms with E-state index in [0.29, 0.717) is 34.5 Å². The van der Waals surface area contributed by atoms with E-state index in [2.05, 4.69) is 31.4 Å². The fraction of sp³-hybridized carbons (Fsp3) is 0.222. The van der Waals surface area contributed by atoms with Crippen molar-refractivity contribution < 1.29 is 9.21 Å². The first-order valence-corrected chi connectivity index (χ1v) is 9.94. The van der Waals surface area contributed by atoms with Gasteiger partial charge in [-0.3, -0.25) is 9.36 Å². The molecule has 0 saturated carbocycles. The number of carbonyl (C=O) groups is 1. The van der Waals surface area contributed by atoms with E-state index < -0.39 is 0 Å². The summed E-state index contributed by atoms with van der Waals surface area (Å²) < 4.78 is 8.16. The van der Waals surface area contributed by atoms with Crippen LogP contribution in [-0.2, 0) is 11.3 Å². The number of nitrogens with one attached hydrogen (secondary N) is 1. The zero-order valence-corrected chi connectivity index (χ0v) is 16.7. The van der Waals surface area contributed by atoms with Crippen molar-refractivity contribution in [2.45, 2.75) is 18.1 Å². The summed E-state index contributed by atoms with van der Waals surface area (Å²) in [5.74, 6) is 1.24. The average molecular weight is 446 g/mol. The van der Waals surface area contributed by atoms with Crippen LogP contribution in [0.4, 0.5) is 0 Å². The van der Waals surface area contributed by atoms with E-state index in [1.54, 1.807) is 6.07 Å². The molecule has 1 N–H and O–H groups in total. The van der Waals surface area contributed by atoms with Gasteiger partial charge in [-0.1, -0.05) is 42.1 Å². The van der Waals surface area contributed by atoms with Gasteiger partial charge in [0.15, 0.2) is 15.6 Å². The molecule has 0 aliphatic carbocycles. The number of halogens is 1. The van der Waals surface area contributed by atoms with Gasteiger partial charge in [-0.15, -0.1) is 10.2 Å². The number of nitrogens with zero attached hydrogens (tertiary/aromatic N) is 4. The number of thioether (sulfide) groups is 1. The van der Waals surface area contributed by atoms with E-state index in [0.717, 1.165) is 5.56 Å². The first kappa shape index (κ1) is 19.2. The van der Waals surface area contributed by atoms with Crippen LogP contribution in [0.2, 0.25) is 0 Å². The maximum Gasteiger partial charge on any atom is 0.230 e. The Morgan fingerprint density at radius 3 is 2.78 bits per heavy atom. The predicted molar refractivity (Wildman–Crippen MR) is 105 cm³/mol. The van der Waals surface area contributed by atoms with Crippen LogP contribution >= 0.6 is 27.7 Å². The molecule has 0 radical (unpaired) electrons. The first-order valence-electron chi connectivity index (χ1n) is 8.16. The fourth-order valence-electron chi connectivity index (χ4n) is 2.36. The molecule has 0 aliphatic heterocycles. The Bertz CT molecular complexity index is 948. The van der Waals surface area contributed by atoms with Crippen LogP contribution in [0.1, 0.15) is 12.0 Å². The van der Waals surface area contributed by atoms with Gasteiger partial charge in [0.05, 0.1) is 24.8 Å². The predicted octanol–water partition coefficient (Wildman–Crippen LogP) is 3.47. The molecule has 0 bridgehead atoms. The average Bonchev–Trinajstić information content (AvgIpc) is 3.27. The quantitative estimate of drug-likeness (QED) is 0.421. The van der Waals surface area contributed by atoms with E-state index in [1.165, 1.54) is 11.8 Å². The molecule has 7 nitrogen and oxygen atoms in total. The number of amides is 1. The standard InChI is InChI=1S/C18H16BrN5O2S/c19-15-8-7-14(26-15)17-22-23-18(27-12-16(25)21-10-4-9-20)24(17)11-13-5-2-1-3-6-13/h1-3,5-8H,4,10-12H2,(H,21,25). The van der Waals surface area contributed by atoms with Gasteiger partial charge in [0.1, 0.15) is 0 Å². The second kappa shape index (κ2) is 9.39. The van der Waals surface area contributed by atoms with Gasteiger partial charge >= 0.3 is 0 Å². The Morgan fingerprint density at radius 2 is 2.07 bits per heavy atom. The molecule has 3 aromatic rings. The third-order valence-corrected chi connectivity index (χ3v) is 4.98. The number of carbonyl (C=O) groups excluding carboxylic acids is 1. The van der Waals surface area contributed by atoms with E-state index in [9.17, 15) is 4.79 Å². The van der Waals surface area contributed by atoms with Crippen LogP contribution in [-0.4, -0.2) is 33.0 Å². The molecule has 1 amide bonds. The molecule has 138 valence electrons. The summed E-state index contributed by atoms with van der Waals surface area (Å²) in [4.78, 5) is 11.9. The van der Waals surface area contributed by atoms with Crippen molar-refractivity contribution in [3.63, 3.8) is 0 Å². The van der Waals surface area contributed by atoms with Crippen LogP contribution in [0.25, 0.3) is 11.6 Å². The molecular formula is C18H16BrN5O2S.